The molecule has 1 aliphatic rings. The quantitative estimate of drug-likeness (QED) is 0.328. The highest BCUT2D eigenvalue weighted by molar-refractivity contribution is 5.90. The molecule has 1 aliphatic carbocycles. The molecule has 0 atom stereocenters. The molecule has 1 aromatic heterocycles. The van der Waals surface area contributed by atoms with Gasteiger partial charge in [-0.15, -0.1) is 0 Å². The number of anilines is 1. The van der Waals surface area contributed by atoms with Crippen LogP contribution in [0.1, 0.15) is 44.3 Å². The largest absolute Gasteiger partial charge is 0.338 e. The number of rotatable bonds is 6. The topological polar surface area (TPSA) is 59.0 Å². The standard InChI is InChI=1S/C29H32N4O/c1-21-31-27-20-24(14-17-28(27)33(21)26-10-6-3-7-11-26)23-12-15-25(16-13-23)32-29(34)30-19-18-22-8-4-2-5-9-22/h3,6-7,10-17,20,22H,2,4-5,8-9,18-19H2,1H3,(H2,30,32,34). The minimum atomic E-state index is -0.132. The second-order valence-corrected chi connectivity index (χ2v) is 9.28. The fourth-order valence-corrected chi connectivity index (χ4v) is 5.07. The summed E-state index contributed by atoms with van der Waals surface area (Å²) in [6.07, 6.45) is 7.74. The number of nitrogens with zero attached hydrogens (tertiary/aromatic N) is 2. The molecule has 0 bridgehead atoms. The fraction of sp³-hybridized carbons (Fsp3) is 0.310. The van der Waals surface area contributed by atoms with Gasteiger partial charge < -0.3 is 10.6 Å². The van der Waals surface area contributed by atoms with E-state index in [1.807, 2.05) is 49.4 Å². The Kier molecular flexibility index (Phi) is 6.61. The van der Waals surface area contributed by atoms with E-state index in [1.165, 1.54) is 32.1 Å². The van der Waals surface area contributed by atoms with Crippen LogP contribution in [0, 0.1) is 12.8 Å². The van der Waals surface area contributed by atoms with Crippen molar-refractivity contribution in [2.24, 2.45) is 5.92 Å². The lowest BCUT2D eigenvalue weighted by Gasteiger charge is -2.21. The van der Waals surface area contributed by atoms with Crippen LogP contribution < -0.4 is 10.6 Å². The summed E-state index contributed by atoms with van der Waals surface area (Å²) in [4.78, 5) is 17.1. The molecule has 2 N–H and O–H groups in total. The van der Waals surface area contributed by atoms with Gasteiger partial charge in [-0.2, -0.15) is 0 Å². The average molecular weight is 453 g/mol. The van der Waals surface area contributed by atoms with Crippen molar-refractivity contribution in [3.8, 4) is 16.8 Å². The van der Waals surface area contributed by atoms with Gasteiger partial charge in [0.25, 0.3) is 0 Å². The summed E-state index contributed by atoms with van der Waals surface area (Å²) < 4.78 is 2.18. The summed E-state index contributed by atoms with van der Waals surface area (Å²) in [5.41, 5.74) is 6.17. The number of hydrogen-bond donors (Lipinski definition) is 2. The number of aryl methyl sites for hydroxylation is 1. The summed E-state index contributed by atoms with van der Waals surface area (Å²) in [6.45, 7) is 2.77. The number of aromatic nitrogens is 2. The lowest BCUT2D eigenvalue weighted by molar-refractivity contribution is 0.250. The summed E-state index contributed by atoms with van der Waals surface area (Å²) in [5, 5.41) is 5.96. The Bertz CT molecular complexity index is 1250. The van der Waals surface area contributed by atoms with Crippen molar-refractivity contribution < 1.29 is 4.79 Å². The first-order valence-electron chi connectivity index (χ1n) is 12.4. The van der Waals surface area contributed by atoms with Crippen LogP contribution in [0.2, 0.25) is 0 Å². The van der Waals surface area contributed by atoms with Crippen molar-refractivity contribution in [1.82, 2.24) is 14.9 Å². The van der Waals surface area contributed by atoms with Crippen molar-refractivity contribution in [1.29, 1.82) is 0 Å². The van der Waals surface area contributed by atoms with E-state index < -0.39 is 0 Å². The molecule has 1 heterocycles. The van der Waals surface area contributed by atoms with Gasteiger partial charge in [-0.1, -0.05) is 68.5 Å². The second-order valence-electron chi connectivity index (χ2n) is 9.28. The molecule has 4 aromatic rings. The van der Waals surface area contributed by atoms with Gasteiger partial charge in [0.15, 0.2) is 0 Å². The van der Waals surface area contributed by atoms with E-state index in [2.05, 4.69) is 45.5 Å². The summed E-state index contributed by atoms with van der Waals surface area (Å²) in [5.74, 6) is 1.74. The zero-order valence-electron chi connectivity index (χ0n) is 19.8. The maximum atomic E-state index is 12.3. The molecule has 174 valence electrons. The molecule has 1 fully saturated rings. The molecule has 0 spiro atoms. The van der Waals surface area contributed by atoms with E-state index in [0.29, 0.717) is 0 Å². The van der Waals surface area contributed by atoms with Gasteiger partial charge in [-0.05, 0) is 66.8 Å². The van der Waals surface area contributed by atoms with Gasteiger partial charge in [0.05, 0.1) is 11.0 Å². The van der Waals surface area contributed by atoms with Gasteiger partial charge in [0.1, 0.15) is 5.82 Å². The molecule has 2 amide bonds. The van der Waals surface area contributed by atoms with Crippen LogP contribution in [-0.2, 0) is 0 Å². The lowest BCUT2D eigenvalue weighted by Crippen LogP contribution is -2.30. The van der Waals surface area contributed by atoms with Gasteiger partial charge >= 0.3 is 6.03 Å². The number of carbonyl (C=O) groups is 1. The van der Waals surface area contributed by atoms with Crippen LogP contribution >= 0.6 is 0 Å². The normalized spacial score (nSPS) is 14.3. The minimum Gasteiger partial charge on any atom is -0.338 e. The number of carbonyl (C=O) groups excluding carboxylic acids is 1. The van der Waals surface area contributed by atoms with Gasteiger partial charge in [0.2, 0.25) is 0 Å². The maximum absolute atomic E-state index is 12.3. The van der Waals surface area contributed by atoms with Crippen molar-refractivity contribution in [3.05, 3.63) is 78.6 Å². The third kappa shape index (κ3) is 4.98. The van der Waals surface area contributed by atoms with Crippen LogP contribution in [0.4, 0.5) is 10.5 Å². The highest BCUT2D eigenvalue weighted by Gasteiger charge is 2.14. The van der Waals surface area contributed by atoms with Gasteiger partial charge in [-0.25, -0.2) is 9.78 Å². The number of para-hydroxylation sites is 1. The number of amides is 2. The summed E-state index contributed by atoms with van der Waals surface area (Å²) >= 11 is 0. The Labute approximate surface area is 201 Å². The molecular weight excluding hydrogens is 420 g/mol. The molecule has 0 aliphatic heterocycles. The predicted octanol–water partition coefficient (Wildman–Crippen LogP) is 7.09. The van der Waals surface area contributed by atoms with E-state index in [0.717, 1.165) is 58.2 Å². The van der Waals surface area contributed by atoms with Crippen LogP contribution in [-0.4, -0.2) is 22.1 Å². The molecule has 0 unspecified atom stereocenters. The highest BCUT2D eigenvalue weighted by Crippen LogP contribution is 2.28. The highest BCUT2D eigenvalue weighted by atomic mass is 16.2. The zero-order valence-corrected chi connectivity index (χ0v) is 19.8. The van der Waals surface area contributed by atoms with E-state index in [1.54, 1.807) is 0 Å². The fourth-order valence-electron chi connectivity index (χ4n) is 5.07. The Morgan fingerprint density at radius 3 is 2.44 bits per heavy atom. The molecule has 0 radical (unpaired) electrons. The molecular formula is C29H32N4O. The number of fused-ring (bicyclic) bond motifs is 1. The molecule has 5 rings (SSSR count). The zero-order chi connectivity index (χ0) is 23.3. The number of imidazole rings is 1. The SMILES string of the molecule is Cc1nc2cc(-c3ccc(NC(=O)NCCC4CCCCC4)cc3)ccc2n1-c1ccccc1. The van der Waals surface area contributed by atoms with Gasteiger partial charge in [-0.3, -0.25) is 4.57 Å². The van der Waals surface area contributed by atoms with E-state index >= 15 is 0 Å². The third-order valence-corrected chi connectivity index (χ3v) is 6.88. The molecule has 34 heavy (non-hydrogen) atoms. The van der Waals surface area contributed by atoms with Crippen molar-refractivity contribution >= 4 is 22.8 Å². The molecule has 5 nitrogen and oxygen atoms in total. The smallest absolute Gasteiger partial charge is 0.319 e. The molecule has 5 heteroatoms. The molecule has 0 saturated heterocycles. The van der Waals surface area contributed by atoms with E-state index in [9.17, 15) is 4.79 Å². The Balaban J connectivity index is 1.23. The number of benzene rings is 3. The molecule has 1 saturated carbocycles. The monoisotopic (exact) mass is 452 g/mol. The van der Waals surface area contributed by atoms with E-state index in [-0.39, 0.29) is 6.03 Å². The van der Waals surface area contributed by atoms with Crippen LogP contribution in [0.25, 0.3) is 27.8 Å². The van der Waals surface area contributed by atoms with Gasteiger partial charge in [0, 0.05) is 17.9 Å². The molecule has 3 aromatic carbocycles. The average Bonchev–Trinajstić information content (AvgIpc) is 3.20. The van der Waals surface area contributed by atoms with Crippen molar-refractivity contribution in [2.75, 3.05) is 11.9 Å². The Morgan fingerprint density at radius 2 is 1.68 bits per heavy atom. The first-order valence-corrected chi connectivity index (χ1v) is 12.4. The number of nitrogens with one attached hydrogen (secondary N) is 2. The first kappa shape index (κ1) is 22.2. The maximum Gasteiger partial charge on any atom is 0.319 e. The predicted molar refractivity (Wildman–Crippen MR) is 139 cm³/mol. The van der Waals surface area contributed by atoms with E-state index in [4.69, 9.17) is 4.98 Å². The third-order valence-electron chi connectivity index (χ3n) is 6.88. The van der Waals surface area contributed by atoms with Crippen LogP contribution in [0.5, 0.6) is 0 Å². The summed E-state index contributed by atoms with van der Waals surface area (Å²) in [7, 11) is 0. The minimum absolute atomic E-state index is 0.132. The van der Waals surface area contributed by atoms with Crippen LogP contribution in [0.15, 0.2) is 72.8 Å². The van der Waals surface area contributed by atoms with Crippen LogP contribution in [0.3, 0.4) is 0 Å². The van der Waals surface area contributed by atoms with Crippen molar-refractivity contribution in [3.63, 3.8) is 0 Å². The second kappa shape index (κ2) is 10.1. The number of urea groups is 1. The Hall–Kier alpha value is -3.60. The number of hydrogen-bond acceptors (Lipinski definition) is 2. The Morgan fingerprint density at radius 1 is 0.941 bits per heavy atom. The first-order chi connectivity index (χ1) is 16.7. The van der Waals surface area contributed by atoms with Crippen molar-refractivity contribution in [2.45, 2.75) is 45.4 Å². The summed E-state index contributed by atoms with van der Waals surface area (Å²) in [6, 6.07) is 24.5. The lowest BCUT2D eigenvalue weighted by atomic mass is 9.87.